The number of allylic oxidation sites excluding steroid dienone is 1. The molecule has 3 N–H and O–H groups in total. The van der Waals surface area contributed by atoms with Crippen molar-refractivity contribution in [1.82, 2.24) is 5.32 Å². The van der Waals surface area contributed by atoms with E-state index in [4.69, 9.17) is 0 Å². The van der Waals surface area contributed by atoms with E-state index < -0.39 is 12.1 Å². The Hall–Kier alpha value is -0.870. The third-order valence-electron chi connectivity index (χ3n) is 10.3. The highest BCUT2D eigenvalue weighted by atomic mass is 16.3. The van der Waals surface area contributed by atoms with Crippen LogP contribution >= 0.6 is 0 Å². The summed E-state index contributed by atoms with van der Waals surface area (Å²) in [4.78, 5) is 12.3. The lowest BCUT2D eigenvalue weighted by atomic mass is 10.0. The summed E-state index contributed by atoms with van der Waals surface area (Å²) >= 11 is 0. The summed E-state index contributed by atoms with van der Waals surface area (Å²) in [6.07, 6.45) is 50.7. The minimum absolute atomic E-state index is 0.0638. The van der Waals surface area contributed by atoms with Crippen molar-refractivity contribution in [2.45, 2.75) is 257 Å². The number of aliphatic hydroxyl groups excluding tert-OH is 2. The predicted molar refractivity (Wildman–Crippen MR) is 212 cm³/mol. The zero-order valence-corrected chi connectivity index (χ0v) is 32.8. The van der Waals surface area contributed by atoms with E-state index in [1.807, 2.05) is 6.08 Å². The molecule has 1 amide bonds. The fourth-order valence-corrected chi connectivity index (χ4v) is 6.89. The molecule has 0 rings (SSSR count). The highest BCUT2D eigenvalue weighted by Crippen LogP contribution is 2.17. The van der Waals surface area contributed by atoms with Crippen molar-refractivity contribution in [1.29, 1.82) is 0 Å². The zero-order chi connectivity index (χ0) is 35.0. The molecular weight excluding hydrogens is 590 g/mol. The molecule has 0 aliphatic carbocycles. The molecule has 48 heavy (non-hydrogen) atoms. The van der Waals surface area contributed by atoms with Crippen LogP contribution in [0.4, 0.5) is 0 Å². The van der Waals surface area contributed by atoms with Crippen molar-refractivity contribution < 1.29 is 15.0 Å². The SMILES string of the molecule is CCCCCCC/C=C/C(O)C(CO)NC(=O)CCCCCCCCCCCCCCCCCCCCCCCCCCCCCCC. The summed E-state index contributed by atoms with van der Waals surface area (Å²) in [6.45, 7) is 4.27. The molecule has 0 aromatic carbocycles. The second-order valence-electron chi connectivity index (χ2n) is 15.1. The van der Waals surface area contributed by atoms with Gasteiger partial charge in [0.2, 0.25) is 5.91 Å². The van der Waals surface area contributed by atoms with Crippen LogP contribution in [0.5, 0.6) is 0 Å². The largest absolute Gasteiger partial charge is 0.394 e. The molecule has 0 aliphatic heterocycles. The number of amides is 1. The van der Waals surface area contributed by atoms with Gasteiger partial charge in [0.05, 0.1) is 18.8 Å². The maximum Gasteiger partial charge on any atom is 0.220 e. The number of hydrogen-bond acceptors (Lipinski definition) is 3. The number of carbonyl (C=O) groups excluding carboxylic acids is 1. The van der Waals surface area contributed by atoms with Crippen LogP contribution in [0.25, 0.3) is 0 Å². The lowest BCUT2D eigenvalue weighted by Gasteiger charge is -2.20. The molecule has 0 bridgehead atoms. The predicted octanol–water partition coefficient (Wildman–Crippen LogP) is 13.5. The molecule has 0 radical (unpaired) electrons. The van der Waals surface area contributed by atoms with E-state index in [2.05, 4.69) is 19.2 Å². The van der Waals surface area contributed by atoms with Crippen molar-refractivity contribution in [3.05, 3.63) is 12.2 Å². The van der Waals surface area contributed by atoms with Gasteiger partial charge in [-0.05, 0) is 19.3 Å². The first-order valence-corrected chi connectivity index (χ1v) is 21.9. The van der Waals surface area contributed by atoms with E-state index in [-0.39, 0.29) is 12.5 Å². The van der Waals surface area contributed by atoms with E-state index in [0.29, 0.717) is 6.42 Å². The van der Waals surface area contributed by atoms with Crippen molar-refractivity contribution in [3.63, 3.8) is 0 Å². The zero-order valence-electron chi connectivity index (χ0n) is 32.8. The lowest BCUT2D eigenvalue weighted by molar-refractivity contribution is -0.123. The van der Waals surface area contributed by atoms with Gasteiger partial charge in [0, 0.05) is 6.42 Å². The Morgan fingerprint density at radius 3 is 1.08 bits per heavy atom. The highest BCUT2D eigenvalue weighted by Gasteiger charge is 2.17. The summed E-state index contributed by atoms with van der Waals surface area (Å²) < 4.78 is 0. The Morgan fingerprint density at radius 2 is 0.771 bits per heavy atom. The van der Waals surface area contributed by atoms with Crippen LogP contribution in [-0.4, -0.2) is 34.9 Å². The van der Waals surface area contributed by atoms with Crippen molar-refractivity contribution >= 4 is 5.91 Å². The molecule has 0 saturated carbocycles. The van der Waals surface area contributed by atoms with Gasteiger partial charge in [-0.2, -0.15) is 0 Å². The number of rotatable bonds is 40. The van der Waals surface area contributed by atoms with Gasteiger partial charge >= 0.3 is 0 Å². The first kappa shape index (κ1) is 47.1. The molecule has 4 nitrogen and oxygen atoms in total. The summed E-state index contributed by atoms with van der Waals surface area (Å²) in [6, 6.07) is -0.613. The fourth-order valence-electron chi connectivity index (χ4n) is 6.89. The summed E-state index contributed by atoms with van der Waals surface area (Å²) in [5, 5.41) is 22.8. The van der Waals surface area contributed by atoms with Crippen LogP contribution in [0.1, 0.15) is 245 Å². The van der Waals surface area contributed by atoms with E-state index in [0.717, 1.165) is 25.7 Å². The van der Waals surface area contributed by atoms with Crippen LogP contribution in [-0.2, 0) is 4.79 Å². The van der Waals surface area contributed by atoms with E-state index in [1.54, 1.807) is 6.08 Å². The smallest absolute Gasteiger partial charge is 0.220 e. The molecule has 0 spiro atoms. The van der Waals surface area contributed by atoms with E-state index >= 15 is 0 Å². The molecule has 4 heteroatoms. The topological polar surface area (TPSA) is 69.6 Å². The first-order chi connectivity index (χ1) is 23.7. The van der Waals surface area contributed by atoms with Gasteiger partial charge < -0.3 is 15.5 Å². The number of nitrogens with one attached hydrogen (secondary N) is 1. The van der Waals surface area contributed by atoms with Gasteiger partial charge in [-0.1, -0.05) is 231 Å². The minimum atomic E-state index is -0.830. The van der Waals surface area contributed by atoms with E-state index in [1.165, 1.54) is 199 Å². The van der Waals surface area contributed by atoms with Crippen molar-refractivity contribution in [3.8, 4) is 0 Å². The van der Waals surface area contributed by atoms with Crippen LogP contribution in [0.2, 0.25) is 0 Å². The summed E-state index contributed by atoms with van der Waals surface area (Å²) in [5.41, 5.74) is 0. The van der Waals surface area contributed by atoms with Gasteiger partial charge in [-0.15, -0.1) is 0 Å². The first-order valence-electron chi connectivity index (χ1n) is 21.9. The van der Waals surface area contributed by atoms with Crippen LogP contribution < -0.4 is 5.32 Å². The standard InChI is InChI=1S/C44H87NO3/c1-3-5-7-9-11-12-13-14-15-16-17-18-19-20-21-22-23-24-25-26-27-28-29-30-31-32-34-36-38-40-44(48)45-42(41-46)43(47)39-37-35-33-10-8-6-4-2/h37,39,42-43,46-47H,3-36,38,40-41H2,1-2H3,(H,45,48)/b39-37+. The summed E-state index contributed by atoms with van der Waals surface area (Å²) in [7, 11) is 0. The van der Waals surface area contributed by atoms with Gasteiger partial charge in [-0.3, -0.25) is 4.79 Å². The van der Waals surface area contributed by atoms with Crippen LogP contribution in [0.15, 0.2) is 12.2 Å². The number of aliphatic hydroxyl groups is 2. The third-order valence-corrected chi connectivity index (χ3v) is 10.3. The maximum atomic E-state index is 12.3. The van der Waals surface area contributed by atoms with Gasteiger partial charge in [0.1, 0.15) is 0 Å². The number of hydrogen-bond donors (Lipinski definition) is 3. The molecular formula is C44H87NO3. The molecule has 0 heterocycles. The van der Waals surface area contributed by atoms with Crippen LogP contribution in [0, 0.1) is 0 Å². The quantitative estimate of drug-likeness (QED) is 0.0446. The minimum Gasteiger partial charge on any atom is -0.394 e. The highest BCUT2D eigenvalue weighted by molar-refractivity contribution is 5.76. The maximum absolute atomic E-state index is 12.3. The molecule has 0 aromatic rings. The Balaban J connectivity index is 3.35. The molecule has 2 atom stereocenters. The Morgan fingerprint density at radius 1 is 0.479 bits per heavy atom. The molecule has 0 aromatic heterocycles. The Kier molecular flexibility index (Phi) is 39.8. The average molecular weight is 678 g/mol. The normalized spacial score (nSPS) is 13.0. The average Bonchev–Trinajstić information content (AvgIpc) is 3.09. The lowest BCUT2D eigenvalue weighted by Crippen LogP contribution is -2.45. The second kappa shape index (κ2) is 40.6. The van der Waals surface area contributed by atoms with Gasteiger partial charge in [0.25, 0.3) is 0 Å². The third kappa shape index (κ3) is 36.4. The molecule has 286 valence electrons. The van der Waals surface area contributed by atoms with Gasteiger partial charge in [-0.25, -0.2) is 0 Å². The van der Waals surface area contributed by atoms with Gasteiger partial charge in [0.15, 0.2) is 0 Å². The molecule has 0 aliphatic rings. The molecule has 2 unspecified atom stereocenters. The van der Waals surface area contributed by atoms with Crippen molar-refractivity contribution in [2.75, 3.05) is 6.61 Å². The number of carbonyl (C=O) groups is 1. The summed E-state index contributed by atoms with van der Waals surface area (Å²) in [5.74, 6) is -0.0638. The Bertz CT molecular complexity index is 651. The van der Waals surface area contributed by atoms with Crippen molar-refractivity contribution in [2.24, 2.45) is 0 Å². The fraction of sp³-hybridized carbons (Fsp3) is 0.932. The van der Waals surface area contributed by atoms with Crippen LogP contribution in [0.3, 0.4) is 0 Å². The number of unbranched alkanes of at least 4 members (excludes halogenated alkanes) is 33. The van der Waals surface area contributed by atoms with E-state index in [9.17, 15) is 15.0 Å². The Labute approximate surface area is 301 Å². The second-order valence-corrected chi connectivity index (χ2v) is 15.1. The molecule has 0 saturated heterocycles. The molecule has 0 fully saturated rings. The monoisotopic (exact) mass is 678 g/mol.